The number of nitrogens with one attached hydrogen (secondary N) is 2. The molecule has 1 unspecified atom stereocenters. The van der Waals surface area contributed by atoms with Gasteiger partial charge in [0.25, 0.3) is 0 Å². The summed E-state index contributed by atoms with van der Waals surface area (Å²) in [5.41, 5.74) is 0. The van der Waals surface area contributed by atoms with E-state index in [0.29, 0.717) is 19.0 Å². The van der Waals surface area contributed by atoms with Crippen molar-refractivity contribution in [3.8, 4) is 0 Å². The Bertz CT molecular complexity index is 312. The van der Waals surface area contributed by atoms with E-state index in [-0.39, 0.29) is 23.8 Å². The molecule has 0 aromatic carbocycles. The first-order chi connectivity index (χ1) is 9.54. The van der Waals surface area contributed by atoms with Gasteiger partial charge in [0.1, 0.15) is 6.04 Å². The average Bonchev–Trinajstić information content (AvgIpc) is 2.43. The van der Waals surface area contributed by atoms with Crippen LogP contribution in [0.5, 0.6) is 0 Å². The van der Waals surface area contributed by atoms with Crippen LogP contribution in [0.2, 0.25) is 0 Å². The van der Waals surface area contributed by atoms with Crippen LogP contribution in [0, 0.1) is 5.92 Å². The summed E-state index contributed by atoms with van der Waals surface area (Å²) in [7, 11) is 1.38. The molecule has 20 heavy (non-hydrogen) atoms. The number of carbonyl (C=O) groups excluding carboxylic acids is 2. The summed E-state index contributed by atoms with van der Waals surface area (Å²) in [6.45, 7) is 4.41. The third-order valence-corrected chi connectivity index (χ3v) is 3.81. The Hall–Kier alpha value is -1.10. The van der Waals surface area contributed by atoms with Crippen LogP contribution in [0.1, 0.15) is 52.4 Å². The van der Waals surface area contributed by atoms with E-state index < -0.39 is 0 Å². The van der Waals surface area contributed by atoms with Crippen molar-refractivity contribution < 1.29 is 14.3 Å². The predicted molar refractivity (Wildman–Crippen MR) is 78.3 cm³/mol. The molecular weight excluding hydrogens is 256 g/mol. The number of ether oxygens (including phenoxy) is 1. The molecule has 0 aromatic rings. The number of carbonyl (C=O) groups is 2. The summed E-state index contributed by atoms with van der Waals surface area (Å²) in [6.07, 6.45) is 6.29. The standard InChI is InChI=1S/C15H28N2O3/c1-11(2)14(15(19)20-3)16-10-9-13(18)17-12-7-5-4-6-8-12/h11-12,14,16H,4-10H2,1-3H3,(H,17,18). The van der Waals surface area contributed by atoms with Gasteiger partial charge in [0.15, 0.2) is 0 Å². The molecule has 1 amide bonds. The fraction of sp³-hybridized carbons (Fsp3) is 0.867. The molecule has 0 radical (unpaired) electrons. The summed E-state index contributed by atoms with van der Waals surface area (Å²) < 4.78 is 4.75. The van der Waals surface area contributed by atoms with E-state index in [1.54, 1.807) is 0 Å². The maximum atomic E-state index is 11.8. The highest BCUT2D eigenvalue weighted by Crippen LogP contribution is 2.17. The Labute approximate surface area is 121 Å². The lowest BCUT2D eigenvalue weighted by molar-refractivity contribution is -0.144. The van der Waals surface area contributed by atoms with Gasteiger partial charge in [-0.25, -0.2) is 0 Å². The number of amides is 1. The summed E-state index contributed by atoms with van der Waals surface area (Å²) in [5, 5.41) is 6.17. The molecule has 0 spiro atoms. The van der Waals surface area contributed by atoms with Gasteiger partial charge >= 0.3 is 5.97 Å². The van der Waals surface area contributed by atoms with E-state index >= 15 is 0 Å². The monoisotopic (exact) mass is 284 g/mol. The van der Waals surface area contributed by atoms with Crippen molar-refractivity contribution in [2.45, 2.75) is 64.5 Å². The first-order valence-electron chi connectivity index (χ1n) is 7.65. The van der Waals surface area contributed by atoms with Crippen molar-refractivity contribution in [3.05, 3.63) is 0 Å². The normalized spacial score (nSPS) is 17.8. The highest BCUT2D eigenvalue weighted by atomic mass is 16.5. The second-order valence-corrected chi connectivity index (χ2v) is 5.85. The Morgan fingerprint density at radius 2 is 1.85 bits per heavy atom. The summed E-state index contributed by atoms with van der Waals surface area (Å²) in [4.78, 5) is 23.4. The molecule has 1 atom stereocenters. The second-order valence-electron chi connectivity index (χ2n) is 5.85. The van der Waals surface area contributed by atoms with Crippen LogP contribution in [-0.4, -0.2) is 37.6 Å². The van der Waals surface area contributed by atoms with Gasteiger partial charge in [0, 0.05) is 19.0 Å². The molecule has 0 aromatic heterocycles. The SMILES string of the molecule is COC(=O)C(NCCC(=O)NC1CCCCC1)C(C)C. The van der Waals surface area contributed by atoms with Crippen molar-refractivity contribution in [1.29, 1.82) is 0 Å². The van der Waals surface area contributed by atoms with Gasteiger partial charge < -0.3 is 15.4 Å². The first kappa shape index (κ1) is 17.0. The molecule has 116 valence electrons. The zero-order chi connectivity index (χ0) is 15.0. The van der Waals surface area contributed by atoms with Crippen LogP contribution >= 0.6 is 0 Å². The maximum absolute atomic E-state index is 11.8. The van der Waals surface area contributed by atoms with Gasteiger partial charge in [0.05, 0.1) is 7.11 Å². The largest absolute Gasteiger partial charge is 0.468 e. The molecule has 1 rings (SSSR count). The van der Waals surface area contributed by atoms with Crippen LogP contribution in [0.25, 0.3) is 0 Å². The quantitative estimate of drug-likeness (QED) is 0.697. The summed E-state index contributed by atoms with van der Waals surface area (Å²) in [6, 6.07) is 0.000216. The zero-order valence-corrected chi connectivity index (χ0v) is 12.9. The van der Waals surface area contributed by atoms with Crippen LogP contribution in [0.3, 0.4) is 0 Å². The van der Waals surface area contributed by atoms with Crippen molar-refractivity contribution in [1.82, 2.24) is 10.6 Å². The Balaban J connectivity index is 2.24. The van der Waals surface area contributed by atoms with Crippen LogP contribution in [0.15, 0.2) is 0 Å². The van der Waals surface area contributed by atoms with Gasteiger partial charge in [0.2, 0.25) is 5.91 Å². The highest BCUT2D eigenvalue weighted by molar-refractivity contribution is 5.77. The minimum absolute atomic E-state index is 0.0665. The van der Waals surface area contributed by atoms with Crippen molar-refractivity contribution in [3.63, 3.8) is 0 Å². The topological polar surface area (TPSA) is 67.4 Å². The molecule has 0 saturated heterocycles. The second kappa shape index (κ2) is 8.95. The molecule has 0 aliphatic heterocycles. The van der Waals surface area contributed by atoms with Crippen LogP contribution in [0.4, 0.5) is 0 Å². The van der Waals surface area contributed by atoms with Crippen molar-refractivity contribution in [2.75, 3.05) is 13.7 Å². The third kappa shape index (κ3) is 5.90. The number of methoxy groups -OCH3 is 1. The lowest BCUT2D eigenvalue weighted by atomic mass is 9.95. The van der Waals surface area contributed by atoms with Gasteiger partial charge in [-0.2, -0.15) is 0 Å². The van der Waals surface area contributed by atoms with Crippen molar-refractivity contribution in [2.24, 2.45) is 5.92 Å². The molecule has 5 heteroatoms. The van der Waals surface area contributed by atoms with Crippen LogP contribution < -0.4 is 10.6 Å². The minimum atomic E-state index is -0.345. The van der Waals surface area contributed by atoms with Gasteiger partial charge in [-0.15, -0.1) is 0 Å². The van der Waals surface area contributed by atoms with Crippen molar-refractivity contribution >= 4 is 11.9 Å². The first-order valence-corrected chi connectivity index (χ1v) is 7.65. The van der Waals surface area contributed by atoms with Crippen LogP contribution in [-0.2, 0) is 14.3 Å². The minimum Gasteiger partial charge on any atom is -0.468 e. The predicted octanol–water partition coefficient (Wildman–Crippen LogP) is 1.61. The van der Waals surface area contributed by atoms with E-state index in [0.717, 1.165) is 12.8 Å². The molecule has 1 aliphatic rings. The van der Waals surface area contributed by atoms with E-state index in [9.17, 15) is 9.59 Å². The Morgan fingerprint density at radius 3 is 2.40 bits per heavy atom. The van der Waals surface area contributed by atoms with Gasteiger partial charge in [-0.3, -0.25) is 9.59 Å². The number of rotatable bonds is 7. The average molecular weight is 284 g/mol. The fourth-order valence-electron chi connectivity index (χ4n) is 2.61. The smallest absolute Gasteiger partial charge is 0.323 e. The fourth-order valence-corrected chi connectivity index (χ4v) is 2.61. The van der Waals surface area contributed by atoms with Gasteiger partial charge in [-0.05, 0) is 18.8 Å². The molecule has 5 nitrogen and oxygen atoms in total. The molecule has 1 aliphatic carbocycles. The molecule has 2 N–H and O–H groups in total. The lowest BCUT2D eigenvalue weighted by Crippen LogP contribution is -2.44. The van der Waals surface area contributed by atoms with E-state index in [1.807, 2.05) is 13.8 Å². The number of hydrogen-bond acceptors (Lipinski definition) is 4. The molecule has 1 saturated carbocycles. The number of esters is 1. The lowest BCUT2D eigenvalue weighted by Gasteiger charge is -2.23. The van der Waals surface area contributed by atoms with E-state index in [2.05, 4.69) is 10.6 Å². The molecule has 0 heterocycles. The molecular formula is C15H28N2O3. The molecule has 0 bridgehead atoms. The van der Waals surface area contributed by atoms with E-state index in [4.69, 9.17) is 4.74 Å². The number of hydrogen-bond donors (Lipinski definition) is 2. The Kier molecular flexibility index (Phi) is 7.59. The maximum Gasteiger partial charge on any atom is 0.323 e. The Morgan fingerprint density at radius 1 is 1.20 bits per heavy atom. The highest BCUT2D eigenvalue weighted by Gasteiger charge is 2.22. The zero-order valence-electron chi connectivity index (χ0n) is 12.9. The summed E-state index contributed by atoms with van der Waals surface area (Å²) in [5.74, 6) is -0.0617. The van der Waals surface area contributed by atoms with Gasteiger partial charge in [-0.1, -0.05) is 33.1 Å². The third-order valence-electron chi connectivity index (χ3n) is 3.81. The molecule has 1 fully saturated rings. The van der Waals surface area contributed by atoms with E-state index in [1.165, 1.54) is 26.4 Å². The summed E-state index contributed by atoms with van der Waals surface area (Å²) >= 11 is 0.